The van der Waals surface area contributed by atoms with Gasteiger partial charge in [-0.1, -0.05) is 181 Å². The Bertz CT molecular complexity index is 225. The summed E-state index contributed by atoms with van der Waals surface area (Å²) in [5.74, 6) is 0. The minimum absolute atomic E-state index is 0. The summed E-state index contributed by atoms with van der Waals surface area (Å²) in [6.45, 7) is 4.61. The Morgan fingerprint density at radius 1 is 0.207 bits per heavy atom. The van der Waals surface area contributed by atoms with Gasteiger partial charge in [0.05, 0.1) is 0 Å². The second-order valence-electron chi connectivity index (χ2n) is 9.49. The zero-order chi connectivity index (χ0) is 20.4. The molecule has 1 heteroatoms. The van der Waals surface area contributed by atoms with Crippen molar-refractivity contribution in [1.29, 1.82) is 0 Å². The van der Waals surface area contributed by atoms with Crippen LogP contribution in [0.1, 0.15) is 181 Å². The van der Waals surface area contributed by atoms with E-state index in [9.17, 15) is 0 Å². The molecule has 0 aromatic carbocycles. The molecule has 29 heavy (non-hydrogen) atoms. The van der Waals surface area contributed by atoms with Gasteiger partial charge in [-0.05, 0) is 0 Å². The van der Waals surface area contributed by atoms with Crippen LogP contribution >= 0.6 is 0 Å². The van der Waals surface area contributed by atoms with E-state index in [4.69, 9.17) is 0 Å². The molecule has 0 spiro atoms. The minimum Gasteiger partial charge on any atom is -0.0654 e. The first-order chi connectivity index (χ1) is 13.9. The summed E-state index contributed by atoms with van der Waals surface area (Å²) < 4.78 is 0. The fourth-order valence-electron chi connectivity index (χ4n) is 4.39. The minimum atomic E-state index is 0. The van der Waals surface area contributed by atoms with E-state index in [0.717, 1.165) is 0 Å². The van der Waals surface area contributed by atoms with Gasteiger partial charge in [-0.25, -0.2) is 0 Å². The van der Waals surface area contributed by atoms with Crippen LogP contribution in [0.4, 0.5) is 0 Å². The van der Waals surface area contributed by atoms with E-state index in [-0.39, 0.29) is 29.6 Å². The van der Waals surface area contributed by atoms with Gasteiger partial charge in [0, 0.05) is 29.6 Å². The van der Waals surface area contributed by atoms with Crippen molar-refractivity contribution in [2.75, 3.05) is 0 Å². The van der Waals surface area contributed by atoms with E-state index in [1.54, 1.807) is 0 Å². The maximum absolute atomic E-state index is 2.30. The van der Waals surface area contributed by atoms with Crippen LogP contribution in [0.5, 0.6) is 0 Å². The van der Waals surface area contributed by atoms with E-state index >= 15 is 0 Å². The zero-order valence-electron chi connectivity index (χ0n) is 21.4. The van der Waals surface area contributed by atoms with Crippen molar-refractivity contribution in [3.63, 3.8) is 0 Å². The standard InChI is InChI=1S/C28H58.Na/c1-3-5-7-9-11-13-15-17-19-21-23-25-27-28-26-24-22-20-18-16-14-12-10-8-6-4-2;/h3-28H2,1-2H3;. The van der Waals surface area contributed by atoms with Gasteiger partial charge in [0.2, 0.25) is 0 Å². The second-order valence-corrected chi connectivity index (χ2v) is 9.49. The van der Waals surface area contributed by atoms with Crippen LogP contribution in [0.3, 0.4) is 0 Å². The molecule has 0 aliphatic rings. The molecular weight excluding hydrogens is 359 g/mol. The second kappa shape index (κ2) is 31.2. The van der Waals surface area contributed by atoms with Crippen LogP contribution in [0.25, 0.3) is 0 Å². The number of rotatable bonds is 25. The Hall–Kier alpha value is 1.00. The normalized spacial score (nSPS) is 11.0. The third-order valence-corrected chi connectivity index (χ3v) is 6.46. The third-order valence-electron chi connectivity index (χ3n) is 6.46. The van der Waals surface area contributed by atoms with Crippen LogP contribution in [-0.4, -0.2) is 29.6 Å². The molecule has 1 radical (unpaired) electrons. The van der Waals surface area contributed by atoms with Gasteiger partial charge < -0.3 is 0 Å². The Kier molecular flexibility index (Phi) is 34.6. The Labute approximate surface area is 209 Å². The first-order valence-electron chi connectivity index (χ1n) is 13.9. The van der Waals surface area contributed by atoms with Crippen molar-refractivity contribution in [2.45, 2.75) is 181 Å². The fraction of sp³-hybridized carbons (Fsp3) is 1.00. The molecule has 0 heterocycles. The quantitative estimate of drug-likeness (QED) is 0.102. The number of unbranched alkanes of at least 4 members (excludes halogenated alkanes) is 25. The van der Waals surface area contributed by atoms with E-state index in [2.05, 4.69) is 13.8 Å². The van der Waals surface area contributed by atoms with Crippen molar-refractivity contribution in [3.8, 4) is 0 Å². The van der Waals surface area contributed by atoms with Gasteiger partial charge in [0.15, 0.2) is 0 Å². The van der Waals surface area contributed by atoms with Crippen LogP contribution < -0.4 is 0 Å². The summed E-state index contributed by atoms with van der Waals surface area (Å²) >= 11 is 0. The van der Waals surface area contributed by atoms with Crippen molar-refractivity contribution in [3.05, 3.63) is 0 Å². The molecule has 0 unspecified atom stereocenters. The van der Waals surface area contributed by atoms with Gasteiger partial charge in [0.1, 0.15) is 0 Å². The molecule has 0 amide bonds. The molecule has 0 saturated heterocycles. The molecule has 0 aliphatic carbocycles. The summed E-state index contributed by atoms with van der Waals surface area (Å²) in [5.41, 5.74) is 0. The van der Waals surface area contributed by atoms with Crippen molar-refractivity contribution in [1.82, 2.24) is 0 Å². The average molecular weight is 418 g/mol. The summed E-state index contributed by atoms with van der Waals surface area (Å²) in [6, 6.07) is 0. The predicted octanol–water partition coefficient (Wildman–Crippen LogP) is 10.8. The van der Waals surface area contributed by atoms with Gasteiger partial charge in [-0.2, -0.15) is 0 Å². The van der Waals surface area contributed by atoms with Gasteiger partial charge in [-0.3, -0.25) is 0 Å². The van der Waals surface area contributed by atoms with Crippen LogP contribution in [0, 0.1) is 0 Å². The maximum Gasteiger partial charge on any atom is 0 e. The van der Waals surface area contributed by atoms with Crippen LogP contribution in [0.2, 0.25) is 0 Å². The summed E-state index contributed by atoms with van der Waals surface area (Å²) in [6.07, 6.45) is 38.4. The SMILES string of the molecule is CCCCCCCCCCCCCCCCCCCCCCCCCCCC.[Na]. The number of hydrogen-bond acceptors (Lipinski definition) is 0. The van der Waals surface area contributed by atoms with E-state index < -0.39 is 0 Å². The van der Waals surface area contributed by atoms with Gasteiger partial charge >= 0.3 is 0 Å². The molecule has 0 aromatic rings. The van der Waals surface area contributed by atoms with Crippen LogP contribution in [-0.2, 0) is 0 Å². The molecule has 0 aliphatic heterocycles. The van der Waals surface area contributed by atoms with Crippen molar-refractivity contribution in [2.24, 2.45) is 0 Å². The molecule has 0 saturated carbocycles. The Morgan fingerprint density at radius 2 is 0.310 bits per heavy atom. The molecular formula is C28H58Na. The smallest absolute Gasteiger partial charge is 0 e. The largest absolute Gasteiger partial charge is 0.0654 e. The average Bonchev–Trinajstić information content (AvgIpc) is 2.71. The first-order valence-corrected chi connectivity index (χ1v) is 13.9. The molecule has 0 aromatic heterocycles. The summed E-state index contributed by atoms with van der Waals surface area (Å²) in [7, 11) is 0. The first kappa shape index (κ1) is 32.2. The van der Waals surface area contributed by atoms with Crippen molar-refractivity contribution < 1.29 is 0 Å². The van der Waals surface area contributed by atoms with Crippen LogP contribution in [0.15, 0.2) is 0 Å². The molecule has 0 bridgehead atoms. The molecule has 0 atom stereocenters. The van der Waals surface area contributed by atoms with Gasteiger partial charge in [-0.15, -0.1) is 0 Å². The summed E-state index contributed by atoms with van der Waals surface area (Å²) in [5, 5.41) is 0. The monoisotopic (exact) mass is 417 g/mol. The fourth-order valence-corrected chi connectivity index (χ4v) is 4.39. The van der Waals surface area contributed by atoms with E-state index in [1.807, 2.05) is 0 Å². The van der Waals surface area contributed by atoms with Gasteiger partial charge in [0.25, 0.3) is 0 Å². The Morgan fingerprint density at radius 3 is 0.414 bits per heavy atom. The Balaban J connectivity index is 0. The molecule has 0 rings (SSSR count). The predicted molar refractivity (Wildman–Crippen MR) is 137 cm³/mol. The van der Waals surface area contributed by atoms with E-state index in [1.165, 1.54) is 167 Å². The van der Waals surface area contributed by atoms with E-state index in [0.29, 0.717) is 0 Å². The molecule has 0 fully saturated rings. The summed E-state index contributed by atoms with van der Waals surface area (Å²) in [4.78, 5) is 0. The molecule has 0 N–H and O–H groups in total. The molecule has 0 nitrogen and oxygen atoms in total. The zero-order valence-corrected chi connectivity index (χ0v) is 23.4. The maximum atomic E-state index is 2.30. The molecule has 171 valence electrons. The number of hydrogen-bond donors (Lipinski definition) is 0. The third kappa shape index (κ3) is 31.3. The van der Waals surface area contributed by atoms with Crippen molar-refractivity contribution >= 4 is 29.6 Å². The topological polar surface area (TPSA) is 0 Å².